The summed E-state index contributed by atoms with van der Waals surface area (Å²) < 4.78 is 3.23. The van der Waals surface area contributed by atoms with Gasteiger partial charge in [-0.3, -0.25) is 0 Å². The van der Waals surface area contributed by atoms with E-state index in [9.17, 15) is 5.21 Å². The second kappa shape index (κ2) is 3.26. The van der Waals surface area contributed by atoms with Crippen LogP contribution in [-0.4, -0.2) is 15.5 Å². The van der Waals surface area contributed by atoms with Crippen molar-refractivity contribution < 1.29 is 4.74 Å². The fourth-order valence-electron chi connectivity index (χ4n) is 2.53. The van der Waals surface area contributed by atoms with Crippen molar-refractivity contribution in [3.63, 3.8) is 0 Å². The van der Waals surface area contributed by atoms with Gasteiger partial charge in [0.25, 0.3) is 0 Å². The molecule has 0 fully saturated rings. The molecule has 78 valence electrons. The maximum atomic E-state index is 11.9. The van der Waals surface area contributed by atoms with Crippen molar-refractivity contribution in [2.45, 2.75) is 25.8 Å². The first-order valence-corrected chi connectivity index (χ1v) is 5.51. The normalized spacial score (nSPS) is 24.7. The fraction of sp³-hybridized carbons (Fsp3) is 0.417. The summed E-state index contributed by atoms with van der Waals surface area (Å²) in [7, 11) is 0. The molecule has 2 heterocycles. The molecule has 0 radical (unpaired) electrons. The molecule has 0 spiro atoms. The first-order chi connectivity index (χ1) is 7.34. The number of hydrogen-bond acceptors (Lipinski definition) is 1. The van der Waals surface area contributed by atoms with Crippen LogP contribution in [0.15, 0.2) is 30.1 Å². The Labute approximate surface area is 88.9 Å². The standard InChI is InChI=1S/C12H14N2O/c15-14-9-11-5-3-7-13(11)8-10-4-1-2-6-12(10)14/h3,5-7,9-10H,1-2,4,8H2. The Kier molecular flexibility index (Phi) is 1.91. The van der Waals surface area contributed by atoms with Crippen molar-refractivity contribution in [2.75, 3.05) is 0 Å². The molecule has 1 aromatic heterocycles. The van der Waals surface area contributed by atoms with Crippen LogP contribution in [0.5, 0.6) is 0 Å². The van der Waals surface area contributed by atoms with Gasteiger partial charge in [0.05, 0.1) is 5.92 Å². The van der Waals surface area contributed by atoms with E-state index in [0.29, 0.717) is 5.92 Å². The quantitative estimate of drug-likeness (QED) is 0.468. The van der Waals surface area contributed by atoms with E-state index in [2.05, 4.69) is 16.8 Å². The Morgan fingerprint density at radius 1 is 1.47 bits per heavy atom. The van der Waals surface area contributed by atoms with Gasteiger partial charge in [-0.15, -0.1) is 0 Å². The molecule has 1 unspecified atom stereocenters. The first-order valence-electron chi connectivity index (χ1n) is 5.51. The van der Waals surface area contributed by atoms with E-state index >= 15 is 0 Å². The number of fused-ring (bicyclic) bond motifs is 2. The lowest BCUT2D eigenvalue weighted by Gasteiger charge is -2.20. The minimum absolute atomic E-state index is 0.404. The average Bonchev–Trinajstić information content (AvgIpc) is 2.61. The molecule has 0 amide bonds. The molecule has 0 aromatic carbocycles. The Balaban J connectivity index is 2.09. The molecule has 3 heteroatoms. The Bertz CT molecular complexity index is 442. The molecule has 15 heavy (non-hydrogen) atoms. The summed E-state index contributed by atoms with van der Waals surface area (Å²) >= 11 is 0. The van der Waals surface area contributed by atoms with Crippen LogP contribution in [0.3, 0.4) is 0 Å². The molecule has 3 nitrogen and oxygen atoms in total. The van der Waals surface area contributed by atoms with E-state index in [1.165, 1.54) is 6.42 Å². The summed E-state index contributed by atoms with van der Waals surface area (Å²) in [6.45, 7) is 0.948. The van der Waals surface area contributed by atoms with Crippen LogP contribution < -0.4 is 0 Å². The third-order valence-electron chi connectivity index (χ3n) is 3.31. The van der Waals surface area contributed by atoms with E-state index in [1.54, 1.807) is 6.21 Å². The topological polar surface area (TPSA) is 31.0 Å². The third kappa shape index (κ3) is 1.39. The van der Waals surface area contributed by atoms with Crippen LogP contribution in [0.1, 0.15) is 25.0 Å². The summed E-state index contributed by atoms with van der Waals surface area (Å²) in [6, 6.07) is 3.99. The predicted octanol–water partition coefficient (Wildman–Crippen LogP) is 2.11. The Hall–Kier alpha value is -1.51. The summed E-state index contributed by atoms with van der Waals surface area (Å²) in [5.74, 6) is 0.404. The molecule has 0 saturated heterocycles. The lowest BCUT2D eigenvalue weighted by atomic mass is 9.92. The van der Waals surface area contributed by atoms with Gasteiger partial charge in [-0.2, -0.15) is 4.74 Å². The molecule has 0 bridgehead atoms. The third-order valence-corrected chi connectivity index (χ3v) is 3.31. The van der Waals surface area contributed by atoms with Crippen LogP contribution in [0.2, 0.25) is 0 Å². The number of hydrogen-bond donors (Lipinski definition) is 0. The summed E-state index contributed by atoms with van der Waals surface area (Å²) in [4.78, 5) is 0. The van der Waals surface area contributed by atoms with Crippen LogP contribution in [-0.2, 0) is 6.54 Å². The maximum Gasteiger partial charge on any atom is 0.204 e. The van der Waals surface area contributed by atoms with Crippen LogP contribution in [0.25, 0.3) is 0 Å². The highest BCUT2D eigenvalue weighted by Crippen LogP contribution is 2.28. The van der Waals surface area contributed by atoms with Crippen molar-refractivity contribution in [3.8, 4) is 0 Å². The SMILES string of the molecule is [O-][N+]1=Cc2cccn2CC2CCCC=C21. The van der Waals surface area contributed by atoms with Crippen molar-refractivity contribution in [2.24, 2.45) is 5.92 Å². The van der Waals surface area contributed by atoms with Gasteiger partial charge in [0, 0.05) is 12.7 Å². The monoisotopic (exact) mass is 202 g/mol. The molecular formula is C12H14N2O. The van der Waals surface area contributed by atoms with Gasteiger partial charge in [0.1, 0.15) is 5.69 Å². The van der Waals surface area contributed by atoms with Crippen LogP contribution in [0, 0.1) is 11.1 Å². The van der Waals surface area contributed by atoms with E-state index in [1.807, 2.05) is 12.1 Å². The second-order valence-corrected chi connectivity index (χ2v) is 4.30. The van der Waals surface area contributed by atoms with Gasteiger partial charge in [-0.25, -0.2) is 0 Å². The van der Waals surface area contributed by atoms with E-state index < -0.39 is 0 Å². The van der Waals surface area contributed by atoms with Crippen LogP contribution >= 0.6 is 0 Å². The maximum absolute atomic E-state index is 11.9. The molecule has 3 rings (SSSR count). The average molecular weight is 202 g/mol. The number of rotatable bonds is 0. The van der Waals surface area contributed by atoms with Gasteiger partial charge >= 0.3 is 0 Å². The Morgan fingerprint density at radius 2 is 2.40 bits per heavy atom. The summed E-state index contributed by atoms with van der Waals surface area (Å²) in [5, 5.41) is 11.9. The summed E-state index contributed by atoms with van der Waals surface area (Å²) in [5.41, 5.74) is 1.98. The largest absolute Gasteiger partial charge is 0.618 e. The van der Waals surface area contributed by atoms with Crippen molar-refractivity contribution in [1.29, 1.82) is 0 Å². The highest BCUT2D eigenvalue weighted by Gasteiger charge is 2.27. The minimum atomic E-state index is 0.404. The number of aromatic nitrogens is 1. The van der Waals surface area contributed by atoms with E-state index in [0.717, 1.165) is 35.5 Å². The molecule has 1 aliphatic carbocycles. The number of hydroxylamine groups is 1. The van der Waals surface area contributed by atoms with Crippen molar-refractivity contribution >= 4 is 6.21 Å². The fourth-order valence-corrected chi connectivity index (χ4v) is 2.53. The van der Waals surface area contributed by atoms with Gasteiger partial charge in [0.2, 0.25) is 6.21 Å². The minimum Gasteiger partial charge on any atom is -0.618 e. The van der Waals surface area contributed by atoms with Crippen molar-refractivity contribution in [1.82, 2.24) is 4.57 Å². The zero-order valence-corrected chi connectivity index (χ0v) is 8.60. The zero-order chi connectivity index (χ0) is 10.3. The van der Waals surface area contributed by atoms with E-state index in [-0.39, 0.29) is 0 Å². The zero-order valence-electron chi connectivity index (χ0n) is 8.60. The first kappa shape index (κ1) is 8.77. The molecule has 0 saturated carbocycles. The smallest absolute Gasteiger partial charge is 0.204 e. The van der Waals surface area contributed by atoms with Gasteiger partial charge in [-0.05, 0) is 37.5 Å². The molecule has 1 atom stereocenters. The lowest BCUT2D eigenvalue weighted by Crippen LogP contribution is -2.18. The van der Waals surface area contributed by atoms with Gasteiger partial charge in [-0.1, -0.05) is 0 Å². The van der Waals surface area contributed by atoms with Gasteiger partial charge < -0.3 is 9.77 Å². The van der Waals surface area contributed by atoms with Crippen molar-refractivity contribution in [3.05, 3.63) is 41.0 Å². The lowest BCUT2D eigenvalue weighted by molar-refractivity contribution is -0.406. The highest BCUT2D eigenvalue weighted by molar-refractivity contribution is 5.74. The van der Waals surface area contributed by atoms with Crippen LogP contribution in [0.4, 0.5) is 0 Å². The number of nitrogens with zero attached hydrogens (tertiary/aromatic N) is 2. The predicted molar refractivity (Wildman–Crippen MR) is 58.6 cm³/mol. The Morgan fingerprint density at radius 3 is 3.33 bits per heavy atom. The highest BCUT2D eigenvalue weighted by atomic mass is 16.5. The molecule has 0 N–H and O–H groups in total. The molecule has 1 aromatic rings. The molecule has 2 aliphatic rings. The van der Waals surface area contributed by atoms with Gasteiger partial charge in [0.15, 0.2) is 5.70 Å². The number of allylic oxidation sites excluding steroid dienone is 2. The summed E-state index contributed by atoms with van der Waals surface area (Å²) in [6.07, 6.45) is 9.24. The second-order valence-electron chi connectivity index (χ2n) is 4.30. The van der Waals surface area contributed by atoms with E-state index in [4.69, 9.17) is 0 Å². The molecule has 1 aliphatic heterocycles. The molecular weight excluding hydrogens is 188 g/mol.